The summed E-state index contributed by atoms with van der Waals surface area (Å²) in [6, 6.07) is 5.68. The summed E-state index contributed by atoms with van der Waals surface area (Å²) in [7, 11) is 0. The summed E-state index contributed by atoms with van der Waals surface area (Å²) < 4.78 is 15.6. The van der Waals surface area contributed by atoms with Crippen molar-refractivity contribution in [2.45, 2.75) is 63.3 Å². The molecule has 1 fully saturated rings. The van der Waals surface area contributed by atoms with E-state index in [4.69, 9.17) is 19.3 Å². The topological polar surface area (TPSA) is 180 Å². The van der Waals surface area contributed by atoms with Crippen LogP contribution in [-0.4, -0.2) is 87.4 Å². The van der Waals surface area contributed by atoms with E-state index in [-0.39, 0.29) is 30.1 Å². The zero-order valence-electron chi connectivity index (χ0n) is 18.2. The van der Waals surface area contributed by atoms with Gasteiger partial charge in [0.15, 0.2) is 0 Å². The lowest BCUT2D eigenvalue weighted by Crippen LogP contribution is -2.59. The number of aliphatic hydroxyl groups is 4. The maximum absolute atomic E-state index is 12.7. The maximum atomic E-state index is 12.7. The first-order chi connectivity index (χ1) is 15.7. The highest BCUT2D eigenvalue weighted by Gasteiger charge is 2.45. The second kappa shape index (κ2) is 12.6. The highest BCUT2D eigenvalue weighted by atomic mass is 16.7. The molecule has 1 unspecified atom stereocenters. The van der Waals surface area contributed by atoms with Crippen LogP contribution in [-0.2, 0) is 19.0 Å². The summed E-state index contributed by atoms with van der Waals surface area (Å²) in [6.45, 7) is 1.25. The summed E-state index contributed by atoms with van der Waals surface area (Å²) in [5.41, 5.74) is -0.258. The third-order valence-corrected chi connectivity index (χ3v) is 5.47. The number of rotatable bonds is 11. The van der Waals surface area contributed by atoms with Crippen LogP contribution >= 0.6 is 0 Å². The van der Waals surface area contributed by atoms with E-state index in [9.17, 15) is 34.8 Å². The third-order valence-electron chi connectivity index (χ3n) is 5.47. The van der Waals surface area contributed by atoms with Crippen LogP contribution in [0.3, 0.4) is 0 Å². The predicted molar refractivity (Wildman–Crippen MR) is 111 cm³/mol. The first-order valence-corrected chi connectivity index (χ1v) is 10.7. The Labute approximate surface area is 190 Å². The molecule has 0 radical (unpaired) electrons. The number of esters is 2. The Hall–Kier alpha value is -2.57. The van der Waals surface area contributed by atoms with Gasteiger partial charge < -0.3 is 39.7 Å². The summed E-state index contributed by atoms with van der Waals surface area (Å²) in [5, 5.41) is 47.7. The van der Waals surface area contributed by atoms with E-state index < -0.39 is 55.2 Å². The van der Waals surface area contributed by atoms with E-state index in [2.05, 4.69) is 0 Å². The van der Waals surface area contributed by atoms with Crippen LogP contribution in [0, 0.1) is 5.92 Å². The van der Waals surface area contributed by atoms with Gasteiger partial charge in [-0.25, -0.2) is 9.59 Å². The molecule has 11 heteroatoms. The van der Waals surface area contributed by atoms with Crippen molar-refractivity contribution in [3.05, 3.63) is 35.4 Å². The van der Waals surface area contributed by atoms with Crippen molar-refractivity contribution in [2.24, 2.45) is 5.92 Å². The number of carbonyl (C=O) groups is 3. The lowest BCUT2D eigenvalue weighted by atomic mass is 9.99. The Balaban J connectivity index is 2.04. The van der Waals surface area contributed by atoms with Gasteiger partial charge >= 0.3 is 17.9 Å². The van der Waals surface area contributed by atoms with Crippen LogP contribution in [0.5, 0.6) is 0 Å². The van der Waals surface area contributed by atoms with Crippen LogP contribution in [0.1, 0.15) is 53.3 Å². The maximum Gasteiger partial charge on any atom is 0.341 e. The molecule has 0 saturated carbocycles. The van der Waals surface area contributed by atoms with Gasteiger partial charge in [-0.1, -0.05) is 25.5 Å². The van der Waals surface area contributed by atoms with Gasteiger partial charge in [0.05, 0.1) is 24.3 Å². The molecule has 1 aliphatic rings. The molecule has 6 atom stereocenters. The van der Waals surface area contributed by atoms with Crippen LogP contribution in [0.2, 0.25) is 0 Å². The molecule has 0 aromatic heterocycles. The second-order valence-electron chi connectivity index (χ2n) is 7.81. The highest BCUT2D eigenvalue weighted by molar-refractivity contribution is 6.03. The molecule has 1 aliphatic heterocycles. The predicted octanol–water partition coefficient (Wildman–Crippen LogP) is 0.0812. The monoisotopic (exact) mass is 470 g/mol. The van der Waals surface area contributed by atoms with E-state index in [0.717, 1.165) is 0 Å². The normalized spacial score (nSPS) is 25.8. The van der Waals surface area contributed by atoms with Gasteiger partial charge in [-0.2, -0.15) is 0 Å². The highest BCUT2D eigenvalue weighted by Crippen LogP contribution is 2.24. The standard InChI is InChI=1S/C22H30O11/c1-2-12(6-5-9-16(24)25)11-31-20(29)13-7-3-4-8-14(13)21(30)33-22-19(28)18(27)17(26)15(10-23)32-22/h3-4,7-8,12,15,17-19,22-23,26-28H,2,5-6,9-11H2,1H3,(H,24,25)/t12?,15-,17-,18+,19-,22+/m1/s1. The van der Waals surface area contributed by atoms with Crippen LogP contribution in [0.15, 0.2) is 24.3 Å². The number of hydrogen-bond acceptors (Lipinski definition) is 10. The minimum Gasteiger partial charge on any atom is -0.481 e. The number of carbonyl (C=O) groups excluding carboxylic acids is 2. The van der Waals surface area contributed by atoms with Crippen molar-refractivity contribution in [2.75, 3.05) is 13.2 Å². The van der Waals surface area contributed by atoms with Crippen molar-refractivity contribution in [3.63, 3.8) is 0 Å². The van der Waals surface area contributed by atoms with Crippen molar-refractivity contribution in [1.82, 2.24) is 0 Å². The second-order valence-corrected chi connectivity index (χ2v) is 7.81. The molecule has 0 spiro atoms. The SMILES string of the molecule is CCC(CCCC(=O)O)COC(=O)c1ccccc1C(=O)O[C@@H]1O[C@H](CO)[C@@H](O)[C@H](O)[C@H]1O. The molecule has 33 heavy (non-hydrogen) atoms. The Morgan fingerprint density at radius 3 is 2.24 bits per heavy atom. The Kier molecular flexibility index (Phi) is 10.2. The van der Waals surface area contributed by atoms with Gasteiger partial charge in [-0.3, -0.25) is 4.79 Å². The van der Waals surface area contributed by atoms with Gasteiger partial charge in [0.1, 0.15) is 24.4 Å². The number of hydrogen-bond donors (Lipinski definition) is 5. The molecular formula is C22H30O11. The smallest absolute Gasteiger partial charge is 0.341 e. The zero-order valence-corrected chi connectivity index (χ0v) is 18.2. The van der Waals surface area contributed by atoms with Gasteiger partial charge in [0.2, 0.25) is 6.29 Å². The van der Waals surface area contributed by atoms with Gasteiger partial charge in [-0.15, -0.1) is 0 Å². The van der Waals surface area contributed by atoms with Crippen LogP contribution in [0.4, 0.5) is 0 Å². The fourth-order valence-electron chi connectivity index (χ4n) is 3.39. The molecule has 1 aromatic rings. The number of aliphatic hydroxyl groups excluding tert-OH is 4. The molecule has 184 valence electrons. The van der Waals surface area contributed by atoms with Gasteiger partial charge in [0.25, 0.3) is 0 Å². The lowest BCUT2D eigenvalue weighted by Gasteiger charge is -2.39. The van der Waals surface area contributed by atoms with E-state index in [1.54, 1.807) is 0 Å². The summed E-state index contributed by atoms with van der Waals surface area (Å²) >= 11 is 0. The average Bonchev–Trinajstić information content (AvgIpc) is 2.81. The molecular weight excluding hydrogens is 440 g/mol. The summed E-state index contributed by atoms with van der Waals surface area (Å²) in [6.07, 6.45) is -6.33. The molecule has 1 aromatic carbocycles. The van der Waals surface area contributed by atoms with Crippen molar-refractivity contribution < 1.29 is 54.1 Å². The number of benzene rings is 1. The fourth-order valence-corrected chi connectivity index (χ4v) is 3.39. The van der Waals surface area contributed by atoms with E-state index in [0.29, 0.717) is 19.3 Å². The fraction of sp³-hybridized carbons (Fsp3) is 0.591. The minimum atomic E-state index is -1.78. The summed E-state index contributed by atoms with van der Waals surface area (Å²) in [4.78, 5) is 36.0. The molecule has 5 N–H and O–H groups in total. The van der Waals surface area contributed by atoms with Crippen LogP contribution in [0.25, 0.3) is 0 Å². The molecule has 1 heterocycles. The lowest BCUT2D eigenvalue weighted by molar-refractivity contribution is -0.285. The van der Waals surface area contributed by atoms with Crippen molar-refractivity contribution in [3.8, 4) is 0 Å². The van der Waals surface area contributed by atoms with Gasteiger partial charge in [-0.05, 0) is 30.9 Å². The minimum absolute atomic E-state index is 0.0249. The molecule has 0 amide bonds. The van der Waals surface area contributed by atoms with Crippen molar-refractivity contribution in [1.29, 1.82) is 0 Å². The number of carboxylic acids is 1. The largest absolute Gasteiger partial charge is 0.481 e. The Morgan fingerprint density at radius 2 is 1.67 bits per heavy atom. The molecule has 1 saturated heterocycles. The van der Waals surface area contributed by atoms with Crippen molar-refractivity contribution >= 4 is 17.9 Å². The first kappa shape index (κ1) is 26.7. The van der Waals surface area contributed by atoms with Crippen LogP contribution < -0.4 is 0 Å². The number of ether oxygens (including phenoxy) is 3. The molecule has 2 rings (SSSR count). The number of carboxylic acid groups (broad SMARTS) is 1. The Morgan fingerprint density at radius 1 is 1.03 bits per heavy atom. The third kappa shape index (κ3) is 7.21. The molecule has 11 nitrogen and oxygen atoms in total. The molecule has 0 bridgehead atoms. The van der Waals surface area contributed by atoms with Gasteiger partial charge in [0, 0.05) is 6.42 Å². The Bertz CT molecular complexity index is 809. The zero-order chi connectivity index (χ0) is 24.5. The number of aliphatic carboxylic acids is 1. The summed E-state index contributed by atoms with van der Waals surface area (Å²) in [5.74, 6) is -2.76. The average molecular weight is 470 g/mol. The quantitative estimate of drug-likeness (QED) is 0.276. The first-order valence-electron chi connectivity index (χ1n) is 10.7. The molecule has 0 aliphatic carbocycles. The van der Waals surface area contributed by atoms with E-state index >= 15 is 0 Å². The van der Waals surface area contributed by atoms with E-state index in [1.165, 1.54) is 24.3 Å². The van der Waals surface area contributed by atoms with E-state index in [1.807, 2.05) is 6.92 Å².